The maximum absolute atomic E-state index is 5.55. The molecule has 3 atom stereocenters. The highest BCUT2D eigenvalue weighted by Crippen LogP contribution is 2.39. The van der Waals surface area contributed by atoms with E-state index in [1.807, 2.05) is 0 Å². The van der Waals surface area contributed by atoms with Crippen molar-refractivity contribution >= 4 is 0 Å². The first-order valence-electron chi connectivity index (χ1n) is 8.78. The van der Waals surface area contributed by atoms with Crippen LogP contribution in [-0.4, -0.2) is 6.54 Å². The van der Waals surface area contributed by atoms with Gasteiger partial charge in [0.1, 0.15) is 0 Å². The van der Waals surface area contributed by atoms with E-state index in [4.69, 9.17) is 5.84 Å². The maximum Gasteiger partial charge on any atom is 0.0128 e. The Bertz CT molecular complexity index is 615. The van der Waals surface area contributed by atoms with Crippen molar-refractivity contribution in [1.29, 1.82) is 0 Å². The SMILES string of the molecule is Cc1ccc(-c2ccc(C3CCC(C)C(CNN)C3)cc2)cc1. The molecule has 0 radical (unpaired) electrons. The summed E-state index contributed by atoms with van der Waals surface area (Å²) in [5, 5.41) is 0. The molecule has 0 aromatic heterocycles. The molecule has 2 heteroatoms. The molecule has 0 saturated heterocycles. The zero-order chi connectivity index (χ0) is 16.2. The van der Waals surface area contributed by atoms with Gasteiger partial charge in [0.2, 0.25) is 0 Å². The third-order valence-corrected chi connectivity index (χ3v) is 5.51. The van der Waals surface area contributed by atoms with Crippen LogP contribution in [-0.2, 0) is 0 Å². The summed E-state index contributed by atoms with van der Waals surface area (Å²) in [6.07, 6.45) is 3.85. The molecular formula is C21H28N2. The molecule has 0 heterocycles. The second-order valence-corrected chi connectivity index (χ2v) is 7.14. The second-order valence-electron chi connectivity index (χ2n) is 7.14. The third kappa shape index (κ3) is 3.82. The van der Waals surface area contributed by atoms with Crippen molar-refractivity contribution in [2.75, 3.05) is 6.54 Å². The predicted octanol–water partition coefficient (Wildman–Crippen LogP) is 4.65. The van der Waals surface area contributed by atoms with Crippen LogP contribution >= 0.6 is 0 Å². The van der Waals surface area contributed by atoms with Gasteiger partial charge in [-0.1, -0.05) is 61.0 Å². The van der Waals surface area contributed by atoms with Crippen LogP contribution in [0.5, 0.6) is 0 Å². The van der Waals surface area contributed by atoms with Crippen molar-refractivity contribution in [2.24, 2.45) is 17.7 Å². The summed E-state index contributed by atoms with van der Waals surface area (Å²) in [7, 11) is 0. The van der Waals surface area contributed by atoms with Gasteiger partial charge in [0.05, 0.1) is 0 Å². The number of rotatable bonds is 4. The second kappa shape index (κ2) is 7.29. The quantitative estimate of drug-likeness (QED) is 0.637. The van der Waals surface area contributed by atoms with Crippen molar-refractivity contribution < 1.29 is 0 Å². The van der Waals surface area contributed by atoms with Crippen LogP contribution in [0, 0.1) is 18.8 Å². The highest BCUT2D eigenvalue weighted by Gasteiger charge is 2.28. The van der Waals surface area contributed by atoms with Crippen molar-refractivity contribution in [1.82, 2.24) is 5.43 Å². The molecule has 1 aliphatic rings. The minimum Gasteiger partial charge on any atom is -0.271 e. The zero-order valence-electron chi connectivity index (χ0n) is 14.3. The highest BCUT2D eigenvalue weighted by molar-refractivity contribution is 5.64. The fourth-order valence-corrected chi connectivity index (χ4v) is 3.85. The van der Waals surface area contributed by atoms with E-state index < -0.39 is 0 Å². The van der Waals surface area contributed by atoms with E-state index in [0.29, 0.717) is 11.8 Å². The lowest BCUT2D eigenvalue weighted by molar-refractivity contribution is 0.226. The summed E-state index contributed by atoms with van der Waals surface area (Å²) in [4.78, 5) is 0. The van der Waals surface area contributed by atoms with Crippen LogP contribution in [0.15, 0.2) is 48.5 Å². The van der Waals surface area contributed by atoms with E-state index in [0.717, 1.165) is 12.5 Å². The molecule has 0 bridgehead atoms. The molecule has 3 rings (SSSR count). The number of hydrazine groups is 1. The first-order valence-corrected chi connectivity index (χ1v) is 8.78. The van der Waals surface area contributed by atoms with Gasteiger partial charge in [0.25, 0.3) is 0 Å². The summed E-state index contributed by atoms with van der Waals surface area (Å²) in [5.41, 5.74) is 8.26. The average Bonchev–Trinajstić information content (AvgIpc) is 2.58. The number of hydrogen-bond acceptors (Lipinski definition) is 2. The van der Waals surface area contributed by atoms with Crippen LogP contribution in [0.2, 0.25) is 0 Å². The first kappa shape index (κ1) is 16.2. The fourth-order valence-electron chi connectivity index (χ4n) is 3.85. The summed E-state index contributed by atoms with van der Waals surface area (Å²) >= 11 is 0. The monoisotopic (exact) mass is 308 g/mol. The third-order valence-electron chi connectivity index (χ3n) is 5.51. The molecule has 3 unspecified atom stereocenters. The molecule has 1 aliphatic carbocycles. The molecule has 3 N–H and O–H groups in total. The lowest BCUT2D eigenvalue weighted by Gasteiger charge is -2.34. The Morgan fingerprint density at radius 1 is 0.957 bits per heavy atom. The number of nitrogens with two attached hydrogens (primary N) is 1. The summed E-state index contributed by atoms with van der Waals surface area (Å²) in [6.45, 7) is 5.42. The molecule has 2 aromatic carbocycles. The molecule has 122 valence electrons. The van der Waals surface area contributed by atoms with Gasteiger partial charge in [-0.25, -0.2) is 0 Å². The fraction of sp³-hybridized carbons (Fsp3) is 0.429. The molecule has 2 nitrogen and oxygen atoms in total. The Morgan fingerprint density at radius 3 is 2.17 bits per heavy atom. The minimum absolute atomic E-state index is 0.677. The lowest BCUT2D eigenvalue weighted by Crippen LogP contribution is -2.35. The number of benzene rings is 2. The molecular weight excluding hydrogens is 280 g/mol. The maximum atomic E-state index is 5.55. The molecule has 0 aliphatic heterocycles. The smallest absolute Gasteiger partial charge is 0.0128 e. The number of aryl methyl sites for hydroxylation is 1. The number of nitrogens with one attached hydrogen (secondary N) is 1. The summed E-state index contributed by atoms with van der Waals surface area (Å²) < 4.78 is 0. The van der Waals surface area contributed by atoms with Crippen molar-refractivity contribution in [3.8, 4) is 11.1 Å². The van der Waals surface area contributed by atoms with Gasteiger partial charge in [-0.05, 0) is 60.6 Å². The Labute approximate surface area is 140 Å². The van der Waals surface area contributed by atoms with Gasteiger partial charge in [-0.2, -0.15) is 0 Å². The van der Waals surface area contributed by atoms with E-state index in [9.17, 15) is 0 Å². The predicted molar refractivity (Wildman–Crippen MR) is 98.1 cm³/mol. The molecule has 1 fully saturated rings. The standard InChI is InChI=1S/C21H28N2/c1-15-3-6-17(7-4-15)18-9-11-19(12-10-18)20-8-5-16(2)21(13-20)14-23-22/h3-4,6-7,9-12,16,20-21,23H,5,8,13-14,22H2,1-2H3. The van der Waals surface area contributed by atoms with Gasteiger partial charge in [-0.15, -0.1) is 0 Å². The minimum atomic E-state index is 0.677. The summed E-state index contributed by atoms with van der Waals surface area (Å²) in [5.74, 6) is 7.69. The lowest BCUT2D eigenvalue weighted by atomic mass is 9.72. The van der Waals surface area contributed by atoms with Crippen LogP contribution in [0.3, 0.4) is 0 Å². The molecule has 2 aromatic rings. The van der Waals surface area contributed by atoms with Gasteiger partial charge in [0.15, 0.2) is 0 Å². The van der Waals surface area contributed by atoms with E-state index in [2.05, 4.69) is 67.8 Å². The van der Waals surface area contributed by atoms with E-state index >= 15 is 0 Å². The zero-order valence-corrected chi connectivity index (χ0v) is 14.3. The van der Waals surface area contributed by atoms with Gasteiger partial charge in [0, 0.05) is 6.54 Å². The Morgan fingerprint density at radius 2 is 1.57 bits per heavy atom. The van der Waals surface area contributed by atoms with Crippen molar-refractivity contribution in [2.45, 2.75) is 39.0 Å². The molecule has 0 spiro atoms. The Hall–Kier alpha value is -1.64. The average molecular weight is 308 g/mol. The summed E-state index contributed by atoms with van der Waals surface area (Å²) in [6, 6.07) is 17.9. The van der Waals surface area contributed by atoms with Crippen LogP contribution in [0.25, 0.3) is 11.1 Å². The van der Waals surface area contributed by atoms with Gasteiger partial charge >= 0.3 is 0 Å². The van der Waals surface area contributed by atoms with E-state index in [1.54, 1.807) is 0 Å². The van der Waals surface area contributed by atoms with Crippen LogP contribution in [0.1, 0.15) is 43.2 Å². The first-order chi connectivity index (χ1) is 11.2. The highest BCUT2D eigenvalue weighted by atomic mass is 15.2. The van der Waals surface area contributed by atoms with Gasteiger partial charge < -0.3 is 0 Å². The molecule has 1 saturated carbocycles. The Balaban J connectivity index is 1.73. The van der Waals surface area contributed by atoms with Crippen LogP contribution < -0.4 is 11.3 Å². The van der Waals surface area contributed by atoms with Crippen LogP contribution in [0.4, 0.5) is 0 Å². The largest absolute Gasteiger partial charge is 0.271 e. The molecule has 0 amide bonds. The Kier molecular flexibility index (Phi) is 5.14. The normalized spacial score (nSPS) is 24.6. The van der Waals surface area contributed by atoms with Gasteiger partial charge in [-0.3, -0.25) is 11.3 Å². The van der Waals surface area contributed by atoms with E-state index in [-0.39, 0.29) is 0 Å². The van der Waals surface area contributed by atoms with Crippen molar-refractivity contribution in [3.63, 3.8) is 0 Å². The number of hydrogen-bond donors (Lipinski definition) is 2. The topological polar surface area (TPSA) is 38.0 Å². The molecule has 23 heavy (non-hydrogen) atoms. The van der Waals surface area contributed by atoms with Crippen molar-refractivity contribution in [3.05, 3.63) is 59.7 Å². The van der Waals surface area contributed by atoms with E-state index in [1.165, 1.54) is 41.5 Å².